The largest absolute Gasteiger partial charge is 0.489 e. The van der Waals surface area contributed by atoms with Crippen molar-refractivity contribution in [1.29, 1.82) is 0 Å². The van der Waals surface area contributed by atoms with E-state index in [-0.39, 0.29) is 0 Å². The molecule has 0 amide bonds. The van der Waals surface area contributed by atoms with Crippen molar-refractivity contribution in [2.75, 3.05) is 0 Å². The summed E-state index contributed by atoms with van der Waals surface area (Å²) in [4.78, 5) is 0. The first-order valence-corrected chi connectivity index (χ1v) is 4.05. The van der Waals surface area contributed by atoms with Crippen molar-refractivity contribution in [2.45, 2.75) is 0 Å². The molecule has 1 heterocycles. The highest BCUT2D eigenvalue weighted by atomic mass is 35.5. The molecule has 13 heavy (non-hydrogen) atoms. The zero-order chi connectivity index (χ0) is 9.42. The number of halogens is 1. The maximum absolute atomic E-state index is 9.00. The van der Waals surface area contributed by atoms with Gasteiger partial charge in [0.1, 0.15) is 0 Å². The molecule has 0 atom stereocenters. The molecule has 3 N–H and O–H groups in total. The second kappa shape index (κ2) is 3.03. The van der Waals surface area contributed by atoms with Gasteiger partial charge < -0.3 is 10.0 Å². The number of nitrogens with one attached hydrogen (secondary N) is 1. The number of nitrogens with zero attached hydrogens (tertiary/aromatic N) is 1. The number of rotatable bonds is 1. The zero-order valence-corrected chi connectivity index (χ0v) is 7.28. The topological polar surface area (TPSA) is 69.1 Å². The summed E-state index contributed by atoms with van der Waals surface area (Å²) in [6.45, 7) is 0. The Balaban J connectivity index is 2.78. The standard InChI is InChI=1S/C7H6BClN2O2/c9-6-2-1-5(8(12)13)4-3-10-11-7(4)6/h1-3,12-13H,(H,10,11). The number of hydrogen-bond donors (Lipinski definition) is 3. The molecule has 4 nitrogen and oxygen atoms in total. The number of aromatic nitrogens is 2. The number of aromatic amines is 1. The van der Waals surface area contributed by atoms with Gasteiger partial charge in [0.25, 0.3) is 0 Å². The van der Waals surface area contributed by atoms with Crippen molar-refractivity contribution >= 4 is 35.1 Å². The quantitative estimate of drug-likeness (QED) is 0.558. The summed E-state index contributed by atoms with van der Waals surface area (Å²) >= 11 is 5.84. The highest BCUT2D eigenvalue weighted by Crippen LogP contribution is 2.18. The van der Waals surface area contributed by atoms with Gasteiger partial charge in [-0.05, 0) is 11.5 Å². The van der Waals surface area contributed by atoms with Crippen LogP contribution in [0, 0.1) is 0 Å². The number of benzene rings is 1. The minimum Gasteiger partial charge on any atom is -0.423 e. The van der Waals surface area contributed by atoms with E-state index in [1.807, 2.05) is 0 Å². The van der Waals surface area contributed by atoms with Crippen LogP contribution in [0.25, 0.3) is 10.9 Å². The molecule has 0 aliphatic rings. The van der Waals surface area contributed by atoms with Crippen LogP contribution in [0.4, 0.5) is 0 Å². The molecule has 0 aliphatic carbocycles. The lowest BCUT2D eigenvalue weighted by atomic mass is 9.78. The van der Waals surface area contributed by atoms with Crippen LogP contribution in [0.15, 0.2) is 18.3 Å². The Bertz CT molecular complexity index is 443. The van der Waals surface area contributed by atoms with Gasteiger partial charge >= 0.3 is 7.12 Å². The molecule has 0 bridgehead atoms. The molecule has 1 aromatic carbocycles. The van der Waals surface area contributed by atoms with Crippen molar-refractivity contribution in [3.8, 4) is 0 Å². The van der Waals surface area contributed by atoms with Gasteiger partial charge in [-0.1, -0.05) is 17.7 Å². The summed E-state index contributed by atoms with van der Waals surface area (Å²) in [5.74, 6) is 0. The van der Waals surface area contributed by atoms with Crippen LogP contribution in [-0.2, 0) is 0 Å². The molecule has 1 aromatic heterocycles. The predicted molar refractivity (Wildman–Crippen MR) is 50.9 cm³/mol. The van der Waals surface area contributed by atoms with E-state index in [4.69, 9.17) is 21.6 Å². The Kier molecular flexibility index (Phi) is 1.99. The molecular weight excluding hydrogens is 190 g/mol. The van der Waals surface area contributed by atoms with Gasteiger partial charge in [0.15, 0.2) is 0 Å². The van der Waals surface area contributed by atoms with Gasteiger partial charge in [0.05, 0.1) is 16.7 Å². The van der Waals surface area contributed by atoms with E-state index < -0.39 is 7.12 Å². The van der Waals surface area contributed by atoms with E-state index in [2.05, 4.69) is 10.2 Å². The molecule has 6 heteroatoms. The first-order chi connectivity index (χ1) is 6.20. The lowest BCUT2D eigenvalue weighted by Crippen LogP contribution is -2.30. The monoisotopic (exact) mass is 196 g/mol. The maximum atomic E-state index is 9.00. The van der Waals surface area contributed by atoms with Crippen molar-refractivity contribution in [3.63, 3.8) is 0 Å². The molecule has 0 radical (unpaired) electrons. The normalized spacial score (nSPS) is 10.7. The van der Waals surface area contributed by atoms with Crippen molar-refractivity contribution in [2.24, 2.45) is 0 Å². The SMILES string of the molecule is OB(O)c1ccc(Cl)c2[nH]ncc12. The van der Waals surface area contributed by atoms with E-state index in [1.165, 1.54) is 6.20 Å². The summed E-state index contributed by atoms with van der Waals surface area (Å²) < 4.78 is 0. The third-order valence-electron chi connectivity index (χ3n) is 1.88. The Labute approximate surface area is 79.3 Å². The average molecular weight is 196 g/mol. The highest BCUT2D eigenvalue weighted by Gasteiger charge is 2.16. The summed E-state index contributed by atoms with van der Waals surface area (Å²) in [5.41, 5.74) is 1.01. The first kappa shape index (κ1) is 8.56. The Hall–Kier alpha value is -1.04. The molecule has 0 saturated carbocycles. The molecule has 0 aliphatic heterocycles. The number of hydrogen-bond acceptors (Lipinski definition) is 3. The molecule has 0 saturated heterocycles. The fraction of sp³-hybridized carbons (Fsp3) is 0. The van der Waals surface area contributed by atoms with Gasteiger partial charge in [0, 0.05) is 5.39 Å². The Morgan fingerprint density at radius 3 is 2.85 bits per heavy atom. The van der Waals surface area contributed by atoms with Crippen LogP contribution < -0.4 is 5.46 Å². The summed E-state index contributed by atoms with van der Waals surface area (Å²) in [5, 5.41) is 25.6. The van der Waals surface area contributed by atoms with Crippen molar-refractivity contribution in [1.82, 2.24) is 10.2 Å². The van der Waals surface area contributed by atoms with Crippen LogP contribution >= 0.6 is 11.6 Å². The number of fused-ring (bicyclic) bond motifs is 1. The van der Waals surface area contributed by atoms with Crippen LogP contribution in [0.2, 0.25) is 5.02 Å². The molecule has 0 fully saturated rings. The third kappa shape index (κ3) is 1.31. The summed E-state index contributed by atoms with van der Waals surface area (Å²) in [7, 11) is -1.50. The van der Waals surface area contributed by atoms with E-state index in [1.54, 1.807) is 12.1 Å². The third-order valence-corrected chi connectivity index (χ3v) is 2.19. The highest BCUT2D eigenvalue weighted by molar-refractivity contribution is 6.62. The smallest absolute Gasteiger partial charge is 0.423 e. The second-order valence-corrected chi connectivity index (χ2v) is 3.08. The molecule has 2 rings (SSSR count). The molecule has 0 unspecified atom stereocenters. The van der Waals surface area contributed by atoms with E-state index >= 15 is 0 Å². The number of H-pyrrole nitrogens is 1. The van der Waals surface area contributed by atoms with E-state index in [0.29, 0.717) is 21.4 Å². The Morgan fingerprint density at radius 2 is 2.15 bits per heavy atom. The molecule has 2 aromatic rings. The second-order valence-electron chi connectivity index (χ2n) is 2.67. The van der Waals surface area contributed by atoms with Crippen molar-refractivity contribution in [3.05, 3.63) is 23.4 Å². The Morgan fingerprint density at radius 1 is 1.38 bits per heavy atom. The summed E-state index contributed by atoms with van der Waals surface area (Å²) in [6.07, 6.45) is 1.51. The van der Waals surface area contributed by atoms with E-state index in [0.717, 1.165) is 0 Å². The maximum Gasteiger partial charge on any atom is 0.489 e. The average Bonchev–Trinajstić information content (AvgIpc) is 2.53. The fourth-order valence-electron chi connectivity index (χ4n) is 1.25. The first-order valence-electron chi connectivity index (χ1n) is 3.68. The van der Waals surface area contributed by atoms with Gasteiger partial charge in [-0.2, -0.15) is 5.10 Å². The van der Waals surface area contributed by atoms with Crippen LogP contribution in [0.5, 0.6) is 0 Å². The van der Waals surface area contributed by atoms with E-state index in [9.17, 15) is 0 Å². The molecule has 0 spiro atoms. The van der Waals surface area contributed by atoms with Gasteiger partial charge in [-0.15, -0.1) is 0 Å². The van der Waals surface area contributed by atoms with Crippen LogP contribution in [-0.4, -0.2) is 27.4 Å². The van der Waals surface area contributed by atoms with Crippen molar-refractivity contribution < 1.29 is 10.0 Å². The fourth-order valence-corrected chi connectivity index (χ4v) is 1.46. The molecule has 66 valence electrons. The van der Waals surface area contributed by atoms with Gasteiger partial charge in [0.2, 0.25) is 0 Å². The van der Waals surface area contributed by atoms with Crippen LogP contribution in [0.1, 0.15) is 0 Å². The van der Waals surface area contributed by atoms with Gasteiger partial charge in [-0.25, -0.2) is 0 Å². The molecular formula is C7H6BClN2O2. The van der Waals surface area contributed by atoms with Crippen LogP contribution in [0.3, 0.4) is 0 Å². The lowest BCUT2D eigenvalue weighted by Gasteiger charge is -2.01. The summed E-state index contributed by atoms with van der Waals surface area (Å²) in [6, 6.07) is 3.15. The lowest BCUT2D eigenvalue weighted by molar-refractivity contribution is 0.426. The minimum absolute atomic E-state index is 0.396. The predicted octanol–water partition coefficient (Wildman–Crippen LogP) is -0.104. The van der Waals surface area contributed by atoms with Gasteiger partial charge in [-0.3, -0.25) is 5.10 Å². The zero-order valence-electron chi connectivity index (χ0n) is 6.53. The minimum atomic E-state index is -1.50.